The maximum atomic E-state index is 13.1. The average molecular weight is 572 g/mol. The number of benzene rings is 2. The van der Waals surface area contributed by atoms with Gasteiger partial charge >= 0.3 is 6.09 Å². The smallest absolute Gasteiger partial charge is 0.410 e. The SMILES string of the molecule is CC(C)(C)c1cc(/C=C/C(=O)N2CCN(c3ccc(-n4cccc4C(=N)NC(=O)O)cc3)CC2)cc(C(C)(C)C)c1O. The first-order chi connectivity index (χ1) is 19.6. The minimum atomic E-state index is -1.28. The molecule has 1 saturated heterocycles. The Morgan fingerprint density at radius 2 is 1.43 bits per heavy atom. The molecule has 42 heavy (non-hydrogen) atoms. The van der Waals surface area contributed by atoms with Crippen molar-refractivity contribution in [3.63, 3.8) is 0 Å². The van der Waals surface area contributed by atoms with E-state index in [2.05, 4.69) is 51.8 Å². The van der Waals surface area contributed by atoms with Gasteiger partial charge in [-0.25, -0.2) is 4.79 Å². The topological polar surface area (TPSA) is 122 Å². The molecular formula is C33H41N5O4. The Bertz CT molecular complexity index is 1460. The van der Waals surface area contributed by atoms with Crippen molar-refractivity contribution in [1.82, 2.24) is 14.8 Å². The third kappa shape index (κ3) is 6.84. The lowest BCUT2D eigenvalue weighted by Gasteiger charge is -2.35. The summed E-state index contributed by atoms with van der Waals surface area (Å²) >= 11 is 0. The van der Waals surface area contributed by atoms with Crippen LogP contribution in [-0.2, 0) is 15.6 Å². The Morgan fingerprint density at radius 3 is 1.95 bits per heavy atom. The van der Waals surface area contributed by atoms with E-state index in [1.54, 1.807) is 29.0 Å². The van der Waals surface area contributed by atoms with Gasteiger partial charge in [0.05, 0.1) is 5.69 Å². The van der Waals surface area contributed by atoms with Crippen LogP contribution in [0.3, 0.4) is 0 Å². The van der Waals surface area contributed by atoms with E-state index in [1.165, 1.54) is 0 Å². The Hall–Kier alpha value is -4.53. The Balaban J connectivity index is 1.41. The lowest BCUT2D eigenvalue weighted by molar-refractivity contribution is -0.126. The number of phenols is 1. The third-order valence-corrected chi connectivity index (χ3v) is 7.49. The maximum Gasteiger partial charge on any atom is 0.410 e. The number of nitrogens with zero attached hydrogens (tertiary/aromatic N) is 3. The normalized spacial score (nSPS) is 14.3. The summed E-state index contributed by atoms with van der Waals surface area (Å²) in [5.74, 6) is 0.0949. The van der Waals surface area contributed by atoms with E-state index in [0.717, 1.165) is 28.1 Å². The number of hydrogen-bond donors (Lipinski definition) is 4. The molecule has 3 aromatic rings. The zero-order valence-corrected chi connectivity index (χ0v) is 25.2. The van der Waals surface area contributed by atoms with Crippen molar-refractivity contribution in [2.75, 3.05) is 31.1 Å². The molecule has 0 aliphatic carbocycles. The number of carboxylic acid groups (broad SMARTS) is 1. The van der Waals surface area contributed by atoms with Gasteiger partial charge in [-0.3, -0.25) is 15.5 Å². The van der Waals surface area contributed by atoms with E-state index in [1.807, 2.05) is 47.4 Å². The number of phenolic OH excluding ortho intramolecular Hbond substituents is 1. The molecule has 0 unspecified atom stereocenters. The summed E-state index contributed by atoms with van der Waals surface area (Å²) in [7, 11) is 0. The molecule has 0 atom stereocenters. The fraction of sp³-hybridized carbons (Fsp3) is 0.364. The summed E-state index contributed by atoms with van der Waals surface area (Å²) in [5.41, 5.74) is 4.44. The number of amidine groups is 1. The van der Waals surface area contributed by atoms with Crippen LogP contribution in [-0.4, -0.2) is 63.7 Å². The van der Waals surface area contributed by atoms with E-state index in [4.69, 9.17) is 10.5 Å². The fourth-order valence-corrected chi connectivity index (χ4v) is 5.16. The van der Waals surface area contributed by atoms with Gasteiger partial charge in [-0.15, -0.1) is 0 Å². The molecule has 0 spiro atoms. The second-order valence-corrected chi connectivity index (χ2v) is 12.7. The highest BCUT2D eigenvalue weighted by Gasteiger charge is 2.26. The molecule has 0 radical (unpaired) electrons. The number of hydrogen-bond acceptors (Lipinski definition) is 5. The molecule has 222 valence electrons. The molecule has 4 rings (SSSR count). The number of rotatable bonds is 5. The van der Waals surface area contributed by atoms with Gasteiger partial charge in [-0.05, 0) is 71.0 Å². The first kappa shape index (κ1) is 30.4. The molecule has 4 N–H and O–H groups in total. The highest BCUT2D eigenvalue weighted by atomic mass is 16.4. The number of nitrogens with one attached hydrogen (secondary N) is 2. The van der Waals surface area contributed by atoms with Crippen LogP contribution in [0.2, 0.25) is 0 Å². The van der Waals surface area contributed by atoms with Crippen molar-refractivity contribution in [2.24, 2.45) is 0 Å². The second kappa shape index (κ2) is 11.8. The zero-order chi connectivity index (χ0) is 30.8. The monoisotopic (exact) mass is 571 g/mol. The van der Waals surface area contributed by atoms with Crippen molar-refractivity contribution in [3.05, 3.63) is 83.2 Å². The Morgan fingerprint density at radius 1 is 0.881 bits per heavy atom. The van der Waals surface area contributed by atoms with Crippen LogP contribution in [0.4, 0.5) is 10.5 Å². The summed E-state index contributed by atoms with van der Waals surface area (Å²) < 4.78 is 1.76. The molecule has 0 bridgehead atoms. The third-order valence-electron chi connectivity index (χ3n) is 7.49. The summed E-state index contributed by atoms with van der Waals surface area (Å²) in [6.45, 7) is 15.0. The van der Waals surface area contributed by atoms with E-state index in [9.17, 15) is 14.7 Å². The Labute approximate surface area is 247 Å². The number of amides is 2. The number of piperazine rings is 1. The summed E-state index contributed by atoms with van der Waals surface area (Å²) in [4.78, 5) is 28.1. The highest BCUT2D eigenvalue weighted by molar-refractivity contribution is 6.03. The highest BCUT2D eigenvalue weighted by Crippen LogP contribution is 2.40. The summed E-state index contributed by atoms with van der Waals surface area (Å²) in [6.07, 6.45) is 3.98. The fourth-order valence-electron chi connectivity index (χ4n) is 5.16. The number of aromatic nitrogens is 1. The van der Waals surface area contributed by atoms with Crippen LogP contribution in [0, 0.1) is 5.41 Å². The molecule has 9 heteroatoms. The first-order valence-electron chi connectivity index (χ1n) is 14.1. The summed E-state index contributed by atoms with van der Waals surface area (Å²) in [5, 5.41) is 30.0. The van der Waals surface area contributed by atoms with Gasteiger partial charge in [0.1, 0.15) is 5.75 Å². The molecule has 2 aromatic carbocycles. The van der Waals surface area contributed by atoms with Crippen molar-refractivity contribution in [2.45, 2.75) is 52.4 Å². The standard InChI is InChI=1S/C33H41N5O4/c1-32(2,3)25-20-22(21-26(29(25)40)33(4,5)6)9-14-28(39)37-18-16-36(17-19-37)23-10-12-24(13-11-23)38-15-7-8-27(38)30(34)35-31(41)42/h7-15,20-21,40H,16-19H2,1-6H3,(H2,34,35)(H,41,42)/b14-9+. The van der Waals surface area contributed by atoms with Gasteiger partial charge in [-0.2, -0.15) is 0 Å². The minimum Gasteiger partial charge on any atom is -0.507 e. The number of aromatic hydroxyl groups is 1. The average Bonchev–Trinajstić information content (AvgIpc) is 3.41. The number of anilines is 1. The minimum absolute atomic E-state index is 0.0368. The lowest BCUT2D eigenvalue weighted by Crippen LogP contribution is -2.48. The maximum absolute atomic E-state index is 13.1. The van der Waals surface area contributed by atoms with Crippen LogP contribution in [0.15, 0.2) is 60.8 Å². The van der Waals surface area contributed by atoms with Gasteiger partial charge in [0.15, 0.2) is 5.84 Å². The molecule has 1 aromatic heterocycles. The van der Waals surface area contributed by atoms with Crippen molar-refractivity contribution < 1.29 is 19.8 Å². The number of carbonyl (C=O) groups excluding carboxylic acids is 1. The van der Waals surface area contributed by atoms with Crippen molar-refractivity contribution in [1.29, 1.82) is 5.41 Å². The van der Waals surface area contributed by atoms with Gasteiger partial charge in [0.25, 0.3) is 0 Å². The van der Waals surface area contributed by atoms with Crippen LogP contribution >= 0.6 is 0 Å². The molecular weight excluding hydrogens is 530 g/mol. The van der Waals surface area contributed by atoms with Gasteiger partial charge in [-0.1, -0.05) is 41.5 Å². The van der Waals surface area contributed by atoms with Crippen LogP contribution in [0.1, 0.15) is 63.9 Å². The van der Waals surface area contributed by atoms with E-state index in [0.29, 0.717) is 37.6 Å². The second-order valence-electron chi connectivity index (χ2n) is 12.7. The summed E-state index contributed by atoms with van der Waals surface area (Å²) in [6, 6.07) is 15.2. The first-order valence-corrected chi connectivity index (χ1v) is 14.1. The van der Waals surface area contributed by atoms with E-state index < -0.39 is 6.09 Å². The van der Waals surface area contributed by atoms with Crippen LogP contribution in [0.25, 0.3) is 11.8 Å². The molecule has 0 saturated carbocycles. The molecule has 1 aliphatic heterocycles. The van der Waals surface area contributed by atoms with Gasteiger partial charge in [0.2, 0.25) is 5.91 Å². The van der Waals surface area contributed by atoms with Gasteiger partial charge < -0.3 is 24.6 Å². The largest absolute Gasteiger partial charge is 0.507 e. The predicted molar refractivity (Wildman–Crippen MR) is 167 cm³/mol. The molecule has 2 amide bonds. The quantitative estimate of drug-likeness (QED) is 0.177. The van der Waals surface area contributed by atoms with Crippen molar-refractivity contribution in [3.8, 4) is 11.4 Å². The molecule has 1 aliphatic rings. The number of carbonyl (C=O) groups is 2. The van der Waals surface area contributed by atoms with Crippen LogP contribution < -0.4 is 10.2 Å². The zero-order valence-electron chi connectivity index (χ0n) is 25.2. The van der Waals surface area contributed by atoms with Gasteiger partial charge in [0, 0.05) is 61.0 Å². The molecule has 2 heterocycles. The molecule has 9 nitrogen and oxygen atoms in total. The van der Waals surface area contributed by atoms with Crippen LogP contribution in [0.5, 0.6) is 5.75 Å². The Kier molecular flexibility index (Phi) is 8.52. The van der Waals surface area contributed by atoms with E-state index >= 15 is 0 Å². The predicted octanol–water partition coefficient (Wildman–Crippen LogP) is 5.73. The van der Waals surface area contributed by atoms with E-state index in [-0.39, 0.29) is 22.6 Å². The molecule has 1 fully saturated rings. The lowest BCUT2D eigenvalue weighted by atomic mass is 9.78. The van der Waals surface area contributed by atoms with Crippen molar-refractivity contribution >= 4 is 29.6 Å².